The van der Waals surface area contributed by atoms with Crippen LogP contribution in [0.15, 0.2) is 12.4 Å². The molecule has 5 rings (SSSR count). The number of aromatic nitrogens is 2. The number of carbonyl (C=O) groups is 1. The summed E-state index contributed by atoms with van der Waals surface area (Å²) in [5.41, 5.74) is 0. The summed E-state index contributed by atoms with van der Waals surface area (Å²) < 4.78 is 5.46. The lowest BCUT2D eigenvalue weighted by molar-refractivity contribution is -0.137. The van der Waals surface area contributed by atoms with Gasteiger partial charge in [0.15, 0.2) is 0 Å². The van der Waals surface area contributed by atoms with E-state index in [2.05, 4.69) is 30.7 Å². The van der Waals surface area contributed by atoms with Crippen LogP contribution in [0.3, 0.4) is 0 Å². The van der Waals surface area contributed by atoms with Gasteiger partial charge in [-0.25, -0.2) is 9.97 Å². The van der Waals surface area contributed by atoms with Gasteiger partial charge in [0.1, 0.15) is 18.0 Å². The van der Waals surface area contributed by atoms with E-state index < -0.39 is 0 Å². The first-order chi connectivity index (χ1) is 15.8. The molecule has 1 saturated carbocycles. The van der Waals surface area contributed by atoms with E-state index in [1.54, 1.807) is 6.33 Å². The van der Waals surface area contributed by atoms with Crippen molar-refractivity contribution < 1.29 is 9.53 Å². The quantitative estimate of drug-likeness (QED) is 0.698. The third kappa shape index (κ3) is 5.19. The van der Waals surface area contributed by atoms with E-state index in [4.69, 9.17) is 4.74 Å². The molecule has 1 aromatic heterocycles. The molecule has 4 fully saturated rings. The van der Waals surface area contributed by atoms with Crippen LogP contribution in [0.5, 0.6) is 0 Å². The Labute approximate surface area is 192 Å². The van der Waals surface area contributed by atoms with Gasteiger partial charge in [-0.15, -0.1) is 0 Å². The van der Waals surface area contributed by atoms with Crippen molar-refractivity contribution in [1.82, 2.24) is 14.9 Å². The number of ether oxygens (including phenoxy) is 1. The molecule has 7 nitrogen and oxygen atoms in total. The number of rotatable bonds is 5. The topological polar surface area (TPSA) is 61.8 Å². The smallest absolute Gasteiger partial charge is 0.225 e. The number of hydrogen-bond acceptors (Lipinski definition) is 6. The average Bonchev–Trinajstić information content (AvgIpc) is 3.38. The molecule has 4 heterocycles. The van der Waals surface area contributed by atoms with Crippen molar-refractivity contribution in [3.05, 3.63) is 12.4 Å². The van der Waals surface area contributed by atoms with Gasteiger partial charge in [0.05, 0.1) is 13.2 Å². The first-order valence-corrected chi connectivity index (χ1v) is 12.9. The van der Waals surface area contributed by atoms with E-state index in [0.29, 0.717) is 5.91 Å². The lowest BCUT2D eigenvalue weighted by Gasteiger charge is -2.38. The van der Waals surface area contributed by atoms with Crippen LogP contribution < -0.4 is 9.80 Å². The van der Waals surface area contributed by atoms with Crippen LogP contribution in [0, 0.1) is 17.8 Å². The van der Waals surface area contributed by atoms with Gasteiger partial charge in [0, 0.05) is 51.3 Å². The van der Waals surface area contributed by atoms with Gasteiger partial charge in [0.2, 0.25) is 5.91 Å². The summed E-state index contributed by atoms with van der Waals surface area (Å²) in [5.74, 6) is 4.37. The summed E-state index contributed by atoms with van der Waals surface area (Å²) in [7, 11) is 0. The lowest BCUT2D eigenvalue weighted by Crippen LogP contribution is -2.45. The highest BCUT2D eigenvalue weighted by molar-refractivity contribution is 5.79. The van der Waals surface area contributed by atoms with Crippen molar-refractivity contribution >= 4 is 17.5 Å². The third-order valence-corrected chi connectivity index (χ3v) is 8.21. The molecule has 7 heteroatoms. The van der Waals surface area contributed by atoms with Crippen LogP contribution in [0.4, 0.5) is 11.6 Å². The Bertz CT molecular complexity index is 746. The second-order valence-electron chi connectivity index (χ2n) is 10.2. The standard InChI is InChI=1S/C25H39N5O2/c31-25(30-9-5-21(6-10-30)17-20-3-1-2-4-20)22-7-11-28(12-8-22)23-18-24(27-19-26-23)29-13-15-32-16-14-29/h18-22H,1-17H2. The molecule has 0 spiro atoms. The third-order valence-electron chi connectivity index (χ3n) is 8.21. The molecule has 0 bridgehead atoms. The monoisotopic (exact) mass is 441 g/mol. The zero-order valence-corrected chi connectivity index (χ0v) is 19.5. The Morgan fingerprint density at radius 2 is 1.41 bits per heavy atom. The molecule has 4 aliphatic rings. The fraction of sp³-hybridized carbons (Fsp3) is 0.800. The van der Waals surface area contributed by atoms with Crippen LogP contribution in [0.2, 0.25) is 0 Å². The molecule has 0 radical (unpaired) electrons. The SMILES string of the molecule is O=C(C1CCN(c2cc(N3CCOCC3)ncn2)CC1)N1CCC(CC2CCCC2)CC1. The van der Waals surface area contributed by atoms with Crippen molar-refractivity contribution in [3.8, 4) is 0 Å². The zero-order valence-electron chi connectivity index (χ0n) is 19.5. The number of anilines is 2. The lowest BCUT2D eigenvalue weighted by atomic mass is 9.85. The Morgan fingerprint density at radius 1 is 0.812 bits per heavy atom. The minimum absolute atomic E-state index is 0.179. The van der Waals surface area contributed by atoms with Gasteiger partial charge in [-0.3, -0.25) is 4.79 Å². The maximum atomic E-state index is 13.2. The van der Waals surface area contributed by atoms with Crippen LogP contribution >= 0.6 is 0 Å². The van der Waals surface area contributed by atoms with E-state index in [9.17, 15) is 4.79 Å². The zero-order chi connectivity index (χ0) is 21.8. The molecule has 0 unspecified atom stereocenters. The predicted octanol–water partition coefficient (Wildman–Crippen LogP) is 3.35. The second-order valence-corrected chi connectivity index (χ2v) is 10.2. The van der Waals surface area contributed by atoms with Crippen molar-refractivity contribution in [3.63, 3.8) is 0 Å². The normalized spacial score (nSPS) is 24.3. The maximum Gasteiger partial charge on any atom is 0.225 e. The highest BCUT2D eigenvalue weighted by Crippen LogP contribution is 2.34. The Balaban J connectivity index is 1.09. The number of amides is 1. The van der Waals surface area contributed by atoms with Gasteiger partial charge < -0.3 is 19.4 Å². The minimum atomic E-state index is 0.179. The van der Waals surface area contributed by atoms with Gasteiger partial charge in [-0.2, -0.15) is 0 Å². The molecule has 1 aliphatic carbocycles. The predicted molar refractivity (Wildman–Crippen MR) is 126 cm³/mol. The van der Waals surface area contributed by atoms with Crippen molar-refractivity contribution in [2.45, 2.75) is 57.8 Å². The number of hydrogen-bond donors (Lipinski definition) is 0. The Hall–Kier alpha value is -1.89. The number of likely N-dealkylation sites (tertiary alicyclic amines) is 1. The summed E-state index contributed by atoms with van der Waals surface area (Å²) >= 11 is 0. The average molecular weight is 442 g/mol. The molecular weight excluding hydrogens is 402 g/mol. The van der Waals surface area contributed by atoms with Crippen molar-refractivity contribution in [2.24, 2.45) is 17.8 Å². The van der Waals surface area contributed by atoms with E-state index in [0.717, 1.165) is 88.8 Å². The van der Waals surface area contributed by atoms with E-state index in [-0.39, 0.29) is 5.92 Å². The highest BCUT2D eigenvalue weighted by atomic mass is 16.5. The number of piperidine rings is 2. The summed E-state index contributed by atoms with van der Waals surface area (Å²) in [4.78, 5) is 28.9. The highest BCUT2D eigenvalue weighted by Gasteiger charge is 2.32. The second kappa shape index (κ2) is 10.4. The van der Waals surface area contributed by atoms with Crippen LogP contribution in [0.1, 0.15) is 57.8 Å². The number of nitrogens with zero attached hydrogens (tertiary/aromatic N) is 5. The van der Waals surface area contributed by atoms with Gasteiger partial charge in [-0.05, 0) is 43.9 Å². The molecule has 0 N–H and O–H groups in total. The van der Waals surface area contributed by atoms with Crippen LogP contribution in [0.25, 0.3) is 0 Å². The summed E-state index contributed by atoms with van der Waals surface area (Å²) in [6.07, 6.45) is 13.1. The largest absolute Gasteiger partial charge is 0.378 e. The number of carbonyl (C=O) groups excluding carboxylic acids is 1. The fourth-order valence-corrected chi connectivity index (χ4v) is 6.20. The molecule has 0 aromatic carbocycles. The molecule has 176 valence electrons. The molecule has 0 atom stereocenters. The summed E-state index contributed by atoms with van der Waals surface area (Å²) in [6, 6.07) is 2.10. The molecule has 3 aliphatic heterocycles. The Kier molecular flexibility index (Phi) is 7.10. The summed E-state index contributed by atoms with van der Waals surface area (Å²) in [5, 5.41) is 0. The molecule has 1 aromatic rings. The first-order valence-electron chi connectivity index (χ1n) is 12.9. The minimum Gasteiger partial charge on any atom is -0.378 e. The Morgan fingerprint density at radius 3 is 2.06 bits per heavy atom. The molecule has 32 heavy (non-hydrogen) atoms. The van der Waals surface area contributed by atoms with Gasteiger partial charge in [0.25, 0.3) is 0 Å². The van der Waals surface area contributed by atoms with Crippen molar-refractivity contribution in [1.29, 1.82) is 0 Å². The molecular formula is C25H39N5O2. The van der Waals surface area contributed by atoms with E-state index >= 15 is 0 Å². The maximum absolute atomic E-state index is 13.2. The summed E-state index contributed by atoms with van der Waals surface area (Å²) in [6.45, 7) is 7.02. The van der Waals surface area contributed by atoms with Gasteiger partial charge >= 0.3 is 0 Å². The van der Waals surface area contributed by atoms with E-state index in [1.807, 2.05) is 0 Å². The van der Waals surface area contributed by atoms with Crippen LogP contribution in [-0.4, -0.2) is 73.3 Å². The van der Waals surface area contributed by atoms with Crippen molar-refractivity contribution in [2.75, 3.05) is 62.3 Å². The van der Waals surface area contributed by atoms with E-state index in [1.165, 1.54) is 44.9 Å². The number of morpholine rings is 1. The fourth-order valence-electron chi connectivity index (χ4n) is 6.20. The first kappa shape index (κ1) is 21.9. The van der Waals surface area contributed by atoms with Crippen LogP contribution in [-0.2, 0) is 9.53 Å². The van der Waals surface area contributed by atoms with Gasteiger partial charge in [-0.1, -0.05) is 25.7 Å². The molecule has 1 amide bonds. The molecule has 3 saturated heterocycles.